The predicted octanol–water partition coefficient (Wildman–Crippen LogP) is 3.78. The Hall–Kier alpha value is -0.440. The van der Waals surface area contributed by atoms with Crippen LogP contribution in [0.1, 0.15) is 53.9 Å². The molecule has 0 aromatic rings. The van der Waals surface area contributed by atoms with Gasteiger partial charge in [-0.05, 0) is 26.2 Å². The molecule has 0 N–H and O–H groups in total. The van der Waals surface area contributed by atoms with E-state index in [0.29, 0.717) is 32.1 Å². The second-order valence-electron chi connectivity index (χ2n) is 7.98. The Balaban J connectivity index is 2.16. The van der Waals surface area contributed by atoms with E-state index in [1.54, 1.807) is 0 Å². The van der Waals surface area contributed by atoms with Crippen molar-refractivity contribution in [1.82, 2.24) is 4.90 Å². The molecular weight excluding hydrogens is 398 g/mol. The van der Waals surface area contributed by atoms with Crippen molar-refractivity contribution >= 4 is 33.5 Å². The quantitative estimate of drug-likeness (QED) is 0.232. The number of rotatable bonds is 14. The van der Waals surface area contributed by atoms with Crippen molar-refractivity contribution in [3.8, 4) is 0 Å². The first-order chi connectivity index (χ1) is 13.3. The molecule has 1 heterocycles. The molecule has 0 aromatic heterocycles. The second-order valence-corrected chi connectivity index (χ2v) is 10.5. The van der Waals surface area contributed by atoms with E-state index >= 15 is 0 Å². The number of carbonyl (C=O) groups is 2. The first kappa shape index (κ1) is 25.6. The Morgan fingerprint density at radius 1 is 1.04 bits per heavy atom. The van der Waals surface area contributed by atoms with Crippen LogP contribution >= 0.6 is 21.6 Å². The predicted molar refractivity (Wildman–Crippen MR) is 117 cm³/mol. The maximum atomic E-state index is 12.1. The van der Waals surface area contributed by atoms with Gasteiger partial charge in [-0.2, -0.15) is 0 Å². The molecule has 0 aromatic carbocycles. The highest BCUT2D eigenvalue weighted by Crippen LogP contribution is 2.36. The summed E-state index contributed by atoms with van der Waals surface area (Å²) < 4.78 is 15.7. The fourth-order valence-corrected chi connectivity index (χ4v) is 5.64. The maximum Gasteiger partial charge on any atom is 0.307 e. The standard InChI is InChI=1S/C20H37NO5S2/c1-6-20(4,5)21(17-14-27-28-15-17)8-7-18(22)25-11-9-24-10-12-26-19(23)13-16(2)3/h16-17H,6-15H2,1-5H3. The summed E-state index contributed by atoms with van der Waals surface area (Å²) in [5.41, 5.74) is 0.0759. The molecule has 1 rings (SSSR count). The summed E-state index contributed by atoms with van der Waals surface area (Å²) in [6, 6.07) is 0.513. The van der Waals surface area contributed by atoms with Gasteiger partial charge in [0.25, 0.3) is 0 Å². The minimum absolute atomic E-state index is 0.0759. The third-order valence-corrected chi connectivity index (χ3v) is 7.33. The van der Waals surface area contributed by atoms with Gasteiger partial charge in [-0.1, -0.05) is 42.4 Å². The smallest absolute Gasteiger partial charge is 0.307 e. The lowest BCUT2D eigenvalue weighted by atomic mass is 9.97. The van der Waals surface area contributed by atoms with Crippen molar-refractivity contribution in [2.24, 2.45) is 5.92 Å². The molecule has 0 saturated carbocycles. The largest absolute Gasteiger partial charge is 0.463 e. The molecule has 1 fully saturated rings. The van der Waals surface area contributed by atoms with Gasteiger partial charge in [-0.3, -0.25) is 14.5 Å². The molecular formula is C20H37NO5S2. The summed E-state index contributed by atoms with van der Waals surface area (Å²) in [5.74, 6) is 2.11. The van der Waals surface area contributed by atoms with Crippen LogP contribution in [-0.2, 0) is 23.8 Å². The third-order valence-electron chi connectivity index (χ3n) is 4.80. The molecule has 1 aliphatic rings. The zero-order valence-electron chi connectivity index (χ0n) is 18.0. The molecule has 0 atom stereocenters. The number of esters is 2. The summed E-state index contributed by atoms with van der Waals surface area (Å²) in [6.07, 6.45) is 1.85. The van der Waals surface area contributed by atoms with Gasteiger partial charge in [0.1, 0.15) is 13.2 Å². The van der Waals surface area contributed by atoms with E-state index in [4.69, 9.17) is 14.2 Å². The van der Waals surface area contributed by atoms with Gasteiger partial charge in [-0.15, -0.1) is 0 Å². The molecule has 1 aliphatic heterocycles. The van der Waals surface area contributed by atoms with Crippen LogP contribution in [0.15, 0.2) is 0 Å². The van der Waals surface area contributed by atoms with Crippen LogP contribution in [0.5, 0.6) is 0 Å². The molecule has 0 bridgehead atoms. The Labute approximate surface area is 178 Å². The van der Waals surface area contributed by atoms with Crippen molar-refractivity contribution in [2.45, 2.75) is 65.5 Å². The SMILES string of the molecule is CCC(C)(C)N(CCC(=O)OCCOCCOC(=O)CC(C)C)C1CSSC1. The first-order valence-electron chi connectivity index (χ1n) is 10.2. The molecule has 28 heavy (non-hydrogen) atoms. The van der Waals surface area contributed by atoms with Gasteiger partial charge < -0.3 is 14.2 Å². The summed E-state index contributed by atoms with van der Waals surface area (Å²) in [4.78, 5) is 25.9. The van der Waals surface area contributed by atoms with Crippen LogP contribution in [0, 0.1) is 5.92 Å². The molecule has 0 spiro atoms. The molecule has 164 valence electrons. The van der Waals surface area contributed by atoms with Crippen molar-refractivity contribution in [3.63, 3.8) is 0 Å². The normalized spacial score (nSPS) is 15.4. The minimum atomic E-state index is -0.205. The van der Waals surface area contributed by atoms with Crippen LogP contribution in [-0.4, -0.2) is 72.9 Å². The van der Waals surface area contributed by atoms with E-state index in [1.807, 2.05) is 35.4 Å². The summed E-state index contributed by atoms with van der Waals surface area (Å²) in [5, 5.41) is 0. The molecule has 1 saturated heterocycles. The van der Waals surface area contributed by atoms with Gasteiger partial charge in [0.05, 0.1) is 19.6 Å². The molecule has 0 unspecified atom stereocenters. The average molecular weight is 436 g/mol. The Morgan fingerprint density at radius 2 is 1.61 bits per heavy atom. The number of nitrogens with zero attached hydrogens (tertiary/aromatic N) is 1. The molecule has 0 aliphatic carbocycles. The van der Waals surface area contributed by atoms with Crippen molar-refractivity contribution in [1.29, 1.82) is 0 Å². The highest BCUT2D eigenvalue weighted by atomic mass is 33.1. The topological polar surface area (TPSA) is 65.1 Å². The van der Waals surface area contributed by atoms with Crippen LogP contribution < -0.4 is 0 Å². The Kier molecular flexibility index (Phi) is 12.5. The number of ether oxygens (including phenoxy) is 3. The number of hydrogen-bond acceptors (Lipinski definition) is 8. The number of hydrogen-bond donors (Lipinski definition) is 0. The summed E-state index contributed by atoms with van der Waals surface area (Å²) >= 11 is 0. The molecule has 8 heteroatoms. The van der Waals surface area contributed by atoms with Crippen molar-refractivity contribution in [2.75, 3.05) is 44.5 Å². The lowest BCUT2D eigenvalue weighted by molar-refractivity contribution is -0.147. The van der Waals surface area contributed by atoms with Crippen molar-refractivity contribution < 1.29 is 23.8 Å². The van der Waals surface area contributed by atoms with E-state index in [0.717, 1.165) is 24.5 Å². The fourth-order valence-electron chi connectivity index (χ4n) is 2.87. The van der Waals surface area contributed by atoms with E-state index in [-0.39, 0.29) is 36.6 Å². The molecule has 6 nitrogen and oxygen atoms in total. The lowest BCUT2D eigenvalue weighted by Gasteiger charge is -2.41. The molecule has 0 radical (unpaired) electrons. The Morgan fingerprint density at radius 3 is 2.14 bits per heavy atom. The second kappa shape index (κ2) is 13.7. The maximum absolute atomic E-state index is 12.1. The van der Waals surface area contributed by atoms with Gasteiger partial charge in [0.15, 0.2) is 0 Å². The van der Waals surface area contributed by atoms with Gasteiger partial charge in [0.2, 0.25) is 0 Å². The lowest BCUT2D eigenvalue weighted by Crippen LogP contribution is -2.51. The van der Waals surface area contributed by atoms with E-state index < -0.39 is 0 Å². The van der Waals surface area contributed by atoms with E-state index in [2.05, 4.69) is 25.7 Å². The van der Waals surface area contributed by atoms with Crippen LogP contribution in [0.4, 0.5) is 0 Å². The fraction of sp³-hybridized carbons (Fsp3) is 0.900. The van der Waals surface area contributed by atoms with Gasteiger partial charge >= 0.3 is 11.9 Å². The van der Waals surface area contributed by atoms with Crippen LogP contribution in [0.3, 0.4) is 0 Å². The zero-order chi connectivity index (χ0) is 21.0. The number of carbonyl (C=O) groups excluding carboxylic acids is 2. The highest BCUT2D eigenvalue weighted by Gasteiger charge is 2.33. The van der Waals surface area contributed by atoms with E-state index in [1.165, 1.54) is 0 Å². The van der Waals surface area contributed by atoms with Gasteiger partial charge in [-0.25, -0.2) is 0 Å². The van der Waals surface area contributed by atoms with E-state index in [9.17, 15) is 9.59 Å². The average Bonchev–Trinajstić information content (AvgIpc) is 3.14. The monoisotopic (exact) mass is 435 g/mol. The zero-order valence-corrected chi connectivity index (χ0v) is 19.7. The van der Waals surface area contributed by atoms with Crippen molar-refractivity contribution in [3.05, 3.63) is 0 Å². The highest BCUT2D eigenvalue weighted by molar-refractivity contribution is 8.77. The first-order valence-corrected chi connectivity index (χ1v) is 12.6. The van der Waals surface area contributed by atoms with Gasteiger partial charge in [0, 0.05) is 36.1 Å². The summed E-state index contributed by atoms with van der Waals surface area (Å²) in [7, 11) is 3.82. The molecule has 0 amide bonds. The third kappa shape index (κ3) is 10.4. The minimum Gasteiger partial charge on any atom is -0.463 e. The van der Waals surface area contributed by atoms with Crippen LogP contribution in [0.2, 0.25) is 0 Å². The Bertz CT molecular complexity index is 468. The van der Waals surface area contributed by atoms with Crippen LogP contribution in [0.25, 0.3) is 0 Å². The summed E-state index contributed by atoms with van der Waals surface area (Å²) in [6.45, 7) is 12.4.